The highest BCUT2D eigenvalue weighted by Gasteiger charge is 2.44. The molecule has 4 heteroatoms. The first-order valence-corrected chi connectivity index (χ1v) is 14.4. The second kappa shape index (κ2) is 4.28. The topological polar surface area (TPSA) is 0 Å². The lowest BCUT2D eigenvalue weighted by Gasteiger charge is -2.44. The van der Waals surface area contributed by atoms with Gasteiger partial charge in [0.1, 0.15) is 0 Å². The molecule has 1 heterocycles. The van der Waals surface area contributed by atoms with Crippen LogP contribution < -0.4 is 0 Å². The highest BCUT2D eigenvalue weighted by atomic mass is 32.2. The Bertz CT molecular complexity index is 273. The molecule has 1 rings (SSSR count). The Balaban J connectivity index is 2.92. The van der Waals surface area contributed by atoms with Crippen molar-refractivity contribution in [2.45, 2.75) is 49.9 Å². The SMILES string of the molecule is CC1([Si](C)(C)C)SCC=C([Si](C)(C)C)S1. The molecule has 0 N–H and O–H groups in total. The fraction of sp³-hybridized carbons (Fsp3) is 0.818. The van der Waals surface area contributed by atoms with E-state index in [1.165, 1.54) is 5.75 Å². The monoisotopic (exact) mass is 276 g/mol. The maximum atomic E-state index is 2.50. The molecule has 0 fully saturated rings. The molecule has 0 aromatic heterocycles. The predicted molar refractivity (Wildman–Crippen MR) is 83.2 cm³/mol. The zero-order chi connectivity index (χ0) is 11.9. The van der Waals surface area contributed by atoms with E-state index >= 15 is 0 Å². The summed E-state index contributed by atoms with van der Waals surface area (Å²) in [6, 6.07) is 0. The number of thioether (sulfide) groups is 2. The van der Waals surface area contributed by atoms with Crippen LogP contribution in [0, 0.1) is 0 Å². The molecule has 0 saturated heterocycles. The lowest BCUT2D eigenvalue weighted by molar-refractivity contribution is 1.20. The lowest BCUT2D eigenvalue weighted by Crippen LogP contribution is -2.47. The van der Waals surface area contributed by atoms with Gasteiger partial charge in [0.05, 0.1) is 19.9 Å². The molecule has 15 heavy (non-hydrogen) atoms. The van der Waals surface area contributed by atoms with E-state index in [0.717, 1.165) is 0 Å². The normalized spacial score (nSPS) is 28.9. The molecule has 0 aliphatic carbocycles. The van der Waals surface area contributed by atoms with E-state index in [1.54, 1.807) is 4.53 Å². The van der Waals surface area contributed by atoms with Crippen molar-refractivity contribution >= 4 is 39.7 Å². The van der Waals surface area contributed by atoms with Crippen LogP contribution in [0.3, 0.4) is 0 Å². The van der Waals surface area contributed by atoms with Crippen LogP contribution >= 0.6 is 23.5 Å². The van der Waals surface area contributed by atoms with Crippen molar-refractivity contribution in [3.8, 4) is 0 Å². The molecule has 0 saturated carbocycles. The van der Waals surface area contributed by atoms with Crippen LogP contribution in [0.5, 0.6) is 0 Å². The summed E-state index contributed by atoms with van der Waals surface area (Å²) in [7, 11) is -2.18. The maximum Gasteiger partial charge on any atom is 0.0854 e. The first kappa shape index (κ1) is 13.9. The quantitative estimate of drug-likeness (QED) is 0.663. The second-order valence-electron chi connectivity index (χ2n) is 6.43. The van der Waals surface area contributed by atoms with Crippen LogP contribution in [0.15, 0.2) is 10.6 Å². The van der Waals surface area contributed by atoms with Gasteiger partial charge >= 0.3 is 0 Å². The molecule has 0 aromatic rings. The first-order chi connectivity index (χ1) is 6.56. The molecule has 0 bridgehead atoms. The largest absolute Gasteiger partial charge is 0.143 e. The average Bonchev–Trinajstić information content (AvgIpc) is 2.00. The van der Waals surface area contributed by atoms with E-state index in [9.17, 15) is 0 Å². The molecule has 0 nitrogen and oxygen atoms in total. The highest BCUT2D eigenvalue weighted by Crippen LogP contribution is 2.52. The lowest BCUT2D eigenvalue weighted by atomic mass is 10.7. The Morgan fingerprint density at radius 3 is 2.07 bits per heavy atom. The predicted octanol–water partition coefficient (Wildman–Crippen LogP) is 4.82. The summed E-state index contributed by atoms with van der Waals surface area (Å²) in [5.41, 5.74) is 0. The van der Waals surface area contributed by atoms with Gasteiger partial charge in [-0.05, 0) is 11.5 Å². The van der Waals surface area contributed by atoms with Gasteiger partial charge in [0.15, 0.2) is 0 Å². The molecular weight excluding hydrogens is 252 g/mol. The third-order valence-corrected chi connectivity index (χ3v) is 16.3. The fourth-order valence-corrected chi connectivity index (χ4v) is 10.1. The van der Waals surface area contributed by atoms with E-state index in [4.69, 9.17) is 0 Å². The minimum atomic E-state index is -1.09. The van der Waals surface area contributed by atoms with Crippen LogP contribution in [-0.4, -0.2) is 25.6 Å². The highest BCUT2D eigenvalue weighted by molar-refractivity contribution is 8.24. The number of rotatable bonds is 2. The van der Waals surface area contributed by atoms with Crippen LogP contribution in [-0.2, 0) is 0 Å². The molecule has 1 aliphatic rings. The zero-order valence-corrected chi connectivity index (χ0v) is 14.7. The Kier molecular flexibility index (Phi) is 3.97. The Morgan fingerprint density at radius 1 is 1.13 bits per heavy atom. The van der Waals surface area contributed by atoms with Crippen LogP contribution in [0.25, 0.3) is 0 Å². The van der Waals surface area contributed by atoms with Crippen molar-refractivity contribution in [3.05, 3.63) is 10.6 Å². The van der Waals surface area contributed by atoms with Crippen LogP contribution in [0.2, 0.25) is 39.3 Å². The minimum Gasteiger partial charge on any atom is -0.143 e. The van der Waals surface area contributed by atoms with Gasteiger partial charge in [-0.1, -0.05) is 45.4 Å². The summed E-state index contributed by atoms with van der Waals surface area (Å²) in [4.78, 5) is 0. The molecule has 0 spiro atoms. The van der Waals surface area contributed by atoms with E-state index in [1.807, 2.05) is 0 Å². The maximum absolute atomic E-state index is 2.50. The van der Waals surface area contributed by atoms with Gasteiger partial charge in [0.25, 0.3) is 0 Å². The molecule has 1 aliphatic heterocycles. The average molecular weight is 277 g/mol. The number of hydrogen-bond donors (Lipinski definition) is 0. The van der Waals surface area contributed by atoms with Crippen molar-refractivity contribution in [1.82, 2.24) is 0 Å². The Morgan fingerprint density at radius 2 is 1.67 bits per heavy atom. The van der Waals surface area contributed by atoms with Crippen molar-refractivity contribution in [3.63, 3.8) is 0 Å². The van der Waals surface area contributed by atoms with E-state index in [0.29, 0.717) is 3.70 Å². The van der Waals surface area contributed by atoms with E-state index in [-0.39, 0.29) is 0 Å². The third-order valence-electron chi connectivity index (χ3n) is 3.03. The first-order valence-electron chi connectivity index (χ1n) is 5.60. The van der Waals surface area contributed by atoms with E-state index in [2.05, 4.69) is 75.8 Å². The molecule has 1 unspecified atom stereocenters. The van der Waals surface area contributed by atoms with Gasteiger partial charge < -0.3 is 0 Å². The standard InChI is InChI=1S/C11H24S2Si2/c1-11(15(5,6)7)12-9-8-10(13-11)14(2,3)4/h8H,9H2,1-7H3. The van der Waals surface area contributed by atoms with Gasteiger partial charge in [-0.25, -0.2) is 0 Å². The summed E-state index contributed by atoms with van der Waals surface area (Å²) < 4.78 is 2.21. The molecule has 0 amide bonds. The fourth-order valence-electron chi connectivity index (χ4n) is 1.39. The second-order valence-corrected chi connectivity index (χ2v) is 21.2. The summed E-state index contributed by atoms with van der Waals surface area (Å²) in [5, 5.41) is 0. The van der Waals surface area contributed by atoms with Crippen molar-refractivity contribution in [2.24, 2.45) is 0 Å². The van der Waals surface area contributed by atoms with Crippen molar-refractivity contribution in [2.75, 3.05) is 5.75 Å². The molecule has 0 radical (unpaired) electrons. The van der Waals surface area contributed by atoms with Crippen molar-refractivity contribution in [1.29, 1.82) is 0 Å². The molecule has 88 valence electrons. The van der Waals surface area contributed by atoms with Crippen LogP contribution in [0.4, 0.5) is 0 Å². The van der Waals surface area contributed by atoms with Gasteiger partial charge in [0.2, 0.25) is 0 Å². The molecule has 0 aromatic carbocycles. The Labute approximate surface area is 106 Å². The summed E-state index contributed by atoms with van der Waals surface area (Å²) >= 11 is 4.36. The summed E-state index contributed by atoms with van der Waals surface area (Å²) in [5.74, 6) is 1.23. The summed E-state index contributed by atoms with van der Waals surface area (Å²) in [6.45, 7) is 17.4. The van der Waals surface area contributed by atoms with Gasteiger partial charge in [-0.15, -0.1) is 23.5 Å². The molecule has 1 atom stereocenters. The molecular formula is C11H24S2Si2. The summed E-state index contributed by atoms with van der Waals surface area (Å²) in [6.07, 6.45) is 2.49. The smallest absolute Gasteiger partial charge is 0.0854 e. The Hall–Kier alpha value is 0.874. The van der Waals surface area contributed by atoms with E-state index < -0.39 is 16.1 Å². The van der Waals surface area contributed by atoms with Gasteiger partial charge in [-0.3, -0.25) is 0 Å². The minimum absolute atomic E-state index is 0.483. The number of hydrogen-bond acceptors (Lipinski definition) is 2. The van der Waals surface area contributed by atoms with Crippen LogP contribution in [0.1, 0.15) is 6.92 Å². The zero-order valence-electron chi connectivity index (χ0n) is 11.1. The van der Waals surface area contributed by atoms with Gasteiger partial charge in [-0.2, -0.15) is 0 Å². The van der Waals surface area contributed by atoms with Gasteiger partial charge in [0, 0.05) is 5.75 Å². The third kappa shape index (κ3) is 3.17. The van der Waals surface area contributed by atoms with Crippen molar-refractivity contribution < 1.29 is 0 Å².